The maximum absolute atomic E-state index is 12.8. The zero-order chi connectivity index (χ0) is 16.2. The number of amides is 1. The fourth-order valence-electron chi connectivity index (χ4n) is 2.86. The van der Waals surface area contributed by atoms with E-state index in [0.29, 0.717) is 25.2 Å². The molecular weight excluding hydrogens is 300 g/mol. The summed E-state index contributed by atoms with van der Waals surface area (Å²) < 4.78 is 26.5. The molecule has 23 heavy (non-hydrogen) atoms. The summed E-state index contributed by atoms with van der Waals surface area (Å²) in [4.78, 5) is 13.6. The van der Waals surface area contributed by atoms with Gasteiger partial charge in [0.25, 0.3) is 0 Å². The van der Waals surface area contributed by atoms with Crippen molar-refractivity contribution in [1.29, 1.82) is 0 Å². The minimum absolute atomic E-state index is 0.157. The second-order valence-electron chi connectivity index (χ2n) is 5.61. The van der Waals surface area contributed by atoms with Crippen molar-refractivity contribution >= 4 is 11.6 Å². The molecule has 0 unspecified atom stereocenters. The van der Waals surface area contributed by atoms with Crippen molar-refractivity contribution in [3.63, 3.8) is 0 Å². The first-order valence-corrected chi connectivity index (χ1v) is 7.69. The van der Waals surface area contributed by atoms with Crippen LogP contribution in [0.3, 0.4) is 0 Å². The van der Waals surface area contributed by atoms with Crippen molar-refractivity contribution in [2.24, 2.45) is 0 Å². The summed E-state index contributed by atoms with van der Waals surface area (Å²) in [5.41, 5.74) is 2.48. The molecule has 0 bridgehead atoms. The van der Waals surface area contributed by atoms with Gasteiger partial charge in [0, 0.05) is 43.6 Å². The van der Waals surface area contributed by atoms with Crippen molar-refractivity contribution in [3.8, 4) is 0 Å². The Labute approximate surface area is 133 Å². The number of halogens is 2. The molecule has 1 amide bonds. The second kappa shape index (κ2) is 6.91. The Bertz CT molecular complexity index is 684. The van der Waals surface area contributed by atoms with Crippen LogP contribution in [0.1, 0.15) is 30.6 Å². The van der Waals surface area contributed by atoms with E-state index >= 15 is 0 Å². The van der Waals surface area contributed by atoms with Crippen LogP contribution in [0.15, 0.2) is 42.6 Å². The number of carbonyl (C=O) groups excluding carboxylic acids is 1. The molecule has 0 atom stereocenters. The minimum atomic E-state index is -2.52. The Morgan fingerprint density at radius 3 is 2.78 bits per heavy atom. The van der Waals surface area contributed by atoms with E-state index < -0.39 is 6.55 Å². The summed E-state index contributed by atoms with van der Waals surface area (Å²) in [6.07, 6.45) is 2.88. The molecule has 4 nitrogen and oxygen atoms in total. The van der Waals surface area contributed by atoms with Gasteiger partial charge in [0.1, 0.15) is 0 Å². The van der Waals surface area contributed by atoms with Crippen LogP contribution in [-0.4, -0.2) is 17.0 Å². The van der Waals surface area contributed by atoms with Crippen molar-refractivity contribution in [3.05, 3.63) is 53.9 Å². The molecule has 6 heteroatoms. The first kappa shape index (κ1) is 15.7. The summed E-state index contributed by atoms with van der Waals surface area (Å²) in [5.74, 6) is 0.157. The first-order chi connectivity index (χ1) is 11.1. The van der Waals surface area contributed by atoms with Gasteiger partial charge in [0.05, 0.1) is 0 Å². The van der Waals surface area contributed by atoms with E-state index in [0.717, 1.165) is 28.8 Å². The minimum Gasteiger partial charge on any atom is -0.312 e. The Balaban J connectivity index is 1.60. The zero-order valence-corrected chi connectivity index (χ0v) is 12.7. The smallest absolute Gasteiger partial charge is 0.312 e. The highest BCUT2D eigenvalue weighted by molar-refractivity contribution is 5.95. The van der Waals surface area contributed by atoms with Crippen molar-refractivity contribution in [2.45, 2.75) is 32.5 Å². The van der Waals surface area contributed by atoms with Gasteiger partial charge >= 0.3 is 6.55 Å². The molecule has 1 saturated heterocycles. The highest BCUT2D eigenvalue weighted by Crippen LogP contribution is 2.22. The number of rotatable bonds is 6. The van der Waals surface area contributed by atoms with Gasteiger partial charge in [0.2, 0.25) is 5.91 Å². The van der Waals surface area contributed by atoms with E-state index in [2.05, 4.69) is 5.32 Å². The van der Waals surface area contributed by atoms with Crippen molar-refractivity contribution in [2.75, 3.05) is 11.4 Å². The van der Waals surface area contributed by atoms with E-state index in [9.17, 15) is 13.6 Å². The lowest BCUT2D eigenvalue weighted by Crippen LogP contribution is -2.24. The Hall–Kier alpha value is -2.21. The predicted octanol–water partition coefficient (Wildman–Crippen LogP) is 3.30. The molecular formula is C17H19F2N3O. The SMILES string of the molecule is O=C1CCCN1c1cccc(CNCc2cccn2C(F)F)c1. The molecule has 1 fully saturated rings. The molecule has 0 radical (unpaired) electrons. The Morgan fingerprint density at radius 1 is 1.17 bits per heavy atom. The molecule has 0 aliphatic carbocycles. The highest BCUT2D eigenvalue weighted by atomic mass is 19.3. The van der Waals surface area contributed by atoms with Gasteiger partial charge in [-0.2, -0.15) is 8.78 Å². The van der Waals surface area contributed by atoms with Crippen LogP contribution in [0, 0.1) is 0 Å². The van der Waals surface area contributed by atoms with Gasteiger partial charge in [-0.15, -0.1) is 0 Å². The second-order valence-corrected chi connectivity index (χ2v) is 5.61. The van der Waals surface area contributed by atoms with Gasteiger partial charge in [-0.25, -0.2) is 0 Å². The number of hydrogen-bond donors (Lipinski definition) is 1. The van der Waals surface area contributed by atoms with Gasteiger partial charge in [-0.3, -0.25) is 9.36 Å². The first-order valence-electron chi connectivity index (χ1n) is 7.69. The van der Waals surface area contributed by atoms with Crippen LogP contribution >= 0.6 is 0 Å². The third kappa shape index (κ3) is 3.59. The molecule has 2 aromatic rings. The van der Waals surface area contributed by atoms with Gasteiger partial charge in [-0.1, -0.05) is 12.1 Å². The molecule has 1 N–H and O–H groups in total. The van der Waals surface area contributed by atoms with Gasteiger partial charge in [0.15, 0.2) is 0 Å². The van der Waals surface area contributed by atoms with Crippen molar-refractivity contribution in [1.82, 2.24) is 9.88 Å². The van der Waals surface area contributed by atoms with E-state index in [1.165, 1.54) is 6.20 Å². The number of nitrogens with zero attached hydrogens (tertiary/aromatic N) is 2. The fourth-order valence-corrected chi connectivity index (χ4v) is 2.86. The van der Waals surface area contributed by atoms with Crippen molar-refractivity contribution < 1.29 is 13.6 Å². The predicted molar refractivity (Wildman–Crippen MR) is 84.3 cm³/mol. The fraction of sp³-hybridized carbons (Fsp3) is 0.353. The average Bonchev–Trinajstić information content (AvgIpc) is 3.16. The molecule has 1 aliphatic rings. The molecule has 1 aliphatic heterocycles. The van der Waals surface area contributed by atoms with Crippen LogP contribution in [0.5, 0.6) is 0 Å². The van der Waals surface area contributed by atoms with E-state index in [4.69, 9.17) is 0 Å². The number of carbonyl (C=O) groups is 1. The summed E-state index contributed by atoms with van der Waals surface area (Å²) in [6, 6.07) is 11.1. The average molecular weight is 319 g/mol. The number of anilines is 1. The van der Waals surface area contributed by atoms with Gasteiger partial charge < -0.3 is 10.2 Å². The van der Waals surface area contributed by atoms with Crippen LogP contribution in [0.25, 0.3) is 0 Å². The maximum atomic E-state index is 12.8. The molecule has 0 saturated carbocycles. The third-order valence-corrected chi connectivity index (χ3v) is 4.01. The molecule has 1 aromatic heterocycles. The van der Waals surface area contributed by atoms with E-state index in [1.807, 2.05) is 24.3 Å². The number of aromatic nitrogens is 1. The van der Waals surface area contributed by atoms with Crippen LogP contribution < -0.4 is 10.2 Å². The molecule has 2 heterocycles. The highest BCUT2D eigenvalue weighted by Gasteiger charge is 2.21. The monoisotopic (exact) mass is 319 g/mol. The number of benzene rings is 1. The Kier molecular flexibility index (Phi) is 4.71. The van der Waals surface area contributed by atoms with E-state index in [1.54, 1.807) is 17.0 Å². The standard InChI is InChI=1S/C17H19F2N3O/c18-17(19)22-9-2-6-15(22)12-20-11-13-4-1-5-14(10-13)21-8-3-7-16(21)23/h1-2,4-6,9-10,17,20H,3,7-8,11-12H2. The number of hydrogen-bond acceptors (Lipinski definition) is 2. The summed E-state index contributed by atoms with van der Waals surface area (Å²) in [5, 5.41) is 3.17. The van der Waals surface area contributed by atoms with Crippen LogP contribution in [0.4, 0.5) is 14.5 Å². The molecule has 1 aromatic carbocycles. The lowest BCUT2D eigenvalue weighted by Gasteiger charge is -2.17. The van der Waals surface area contributed by atoms with Crippen LogP contribution in [-0.2, 0) is 17.9 Å². The largest absolute Gasteiger partial charge is 0.318 e. The van der Waals surface area contributed by atoms with E-state index in [-0.39, 0.29) is 5.91 Å². The zero-order valence-electron chi connectivity index (χ0n) is 12.7. The quantitative estimate of drug-likeness (QED) is 0.887. The molecule has 3 rings (SSSR count). The third-order valence-electron chi connectivity index (χ3n) is 4.01. The topological polar surface area (TPSA) is 37.3 Å². The summed E-state index contributed by atoms with van der Waals surface area (Å²) in [7, 11) is 0. The molecule has 0 spiro atoms. The molecule has 122 valence electrons. The maximum Gasteiger partial charge on any atom is 0.318 e. The lowest BCUT2D eigenvalue weighted by atomic mass is 10.2. The number of nitrogens with one attached hydrogen (secondary N) is 1. The van der Waals surface area contributed by atoms with Gasteiger partial charge in [-0.05, 0) is 36.2 Å². The normalized spacial score (nSPS) is 14.9. The lowest BCUT2D eigenvalue weighted by molar-refractivity contribution is -0.117. The summed E-state index contributed by atoms with van der Waals surface area (Å²) in [6.45, 7) is -0.835. The summed E-state index contributed by atoms with van der Waals surface area (Å²) >= 11 is 0. The Morgan fingerprint density at radius 2 is 2.04 bits per heavy atom. The number of alkyl halides is 2. The van der Waals surface area contributed by atoms with Crippen LogP contribution in [0.2, 0.25) is 0 Å².